The molecule has 4 heterocycles. The Morgan fingerprint density at radius 1 is 0.791 bits per heavy atom. The molecule has 8 rings (SSSR count). The summed E-state index contributed by atoms with van der Waals surface area (Å²) in [5.74, 6) is 0.829. The normalized spacial score (nSPS) is 13.4. The fourth-order valence-corrected chi connectivity index (χ4v) is 8.03. The molecule has 1 aliphatic rings. The molecule has 0 radical (unpaired) electrons. The van der Waals surface area contributed by atoms with Crippen molar-refractivity contribution in [1.29, 1.82) is 0 Å². The summed E-state index contributed by atoms with van der Waals surface area (Å²) in [7, 11) is 2.13. The molecule has 1 aliphatic heterocycles. The molecule has 0 unspecified atom stereocenters. The van der Waals surface area contributed by atoms with E-state index in [0.29, 0.717) is 0 Å². The van der Waals surface area contributed by atoms with Crippen LogP contribution in [0.25, 0.3) is 42.2 Å². The van der Waals surface area contributed by atoms with Crippen LogP contribution < -0.4 is 14.5 Å². The van der Waals surface area contributed by atoms with Crippen LogP contribution in [-0.2, 0) is 5.41 Å². The number of fused-ring (bicyclic) bond motifs is 6. The Labute approximate surface area is 259 Å². The minimum absolute atomic E-state index is 0.0346. The Morgan fingerprint density at radius 3 is 2.51 bits per heavy atom. The van der Waals surface area contributed by atoms with Gasteiger partial charge in [0, 0.05) is 62.2 Å². The van der Waals surface area contributed by atoms with Gasteiger partial charge in [-0.3, -0.25) is 4.98 Å². The summed E-state index contributed by atoms with van der Waals surface area (Å²) in [4.78, 5) is 9.48. The van der Waals surface area contributed by atoms with Gasteiger partial charge in [-0.2, -0.15) is 0 Å². The van der Waals surface area contributed by atoms with E-state index in [4.69, 9.17) is 9.72 Å². The summed E-state index contributed by atoms with van der Waals surface area (Å²) >= 11 is 3.50. The van der Waals surface area contributed by atoms with Gasteiger partial charge in [0.05, 0.1) is 23.7 Å². The monoisotopic (exact) mass is 597 g/mol. The molecular formula is C37H31N3OS2. The van der Waals surface area contributed by atoms with Crippen LogP contribution in [0.5, 0.6) is 10.8 Å². The van der Waals surface area contributed by atoms with Crippen LogP contribution in [0.4, 0.5) is 17.1 Å². The quantitative estimate of drug-likeness (QED) is 0.202. The number of thiophene rings is 2. The van der Waals surface area contributed by atoms with Crippen molar-refractivity contribution in [3.05, 3.63) is 108 Å². The van der Waals surface area contributed by atoms with Gasteiger partial charge in [0.25, 0.3) is 0 Å². The summed E-state index contributed by atoms with van der Waals surface area (Å²) in [6, 6.07) is 32.6. The predicted molar refractivity (Wildman–Crippen MR) is 185 cm³/mol. The van der Waals surface area contributed by atoms with E-state index in [-0.39, 0.29) is 5.41 Å². The van der Waals surface area contributed by atoms with Gasteiger partial charge in [0.15, 0.2) is 5.06 Å². The number of ether oxygens (including phenoxy) is 1. The fourth-order valence-electron chi connectivity index (χ4n) is 6.15. The molecule has 6 heteroatoms. The molecule has 4 nitrogen and oxygen atoms in total. The van der Waals surface area contributed by atoms with E-state index in [0.717, 1.165) is 34.4 Å². The molecule has 0 spiro atoms. The zero-order chi connectivity index (χ0) is 29.3. The minimum atomic E-state index is 0.0346. The van der Waals surface area contributed by atoms with E-state index < -0.39 is 0 Å². The largest absolute Gasteiger partial charge is 0.447 e. The van der Waals surface area contributed by atoms with Gasteiger partial charge in [-0.05, 0) is 76.3 Å². The van der Waals surface area contributed by atoms with Gasteiger partial charge in [-0.25, -0.2) is 0 Å². The van der Waals surface area contributed by atoms with Crippen molar-refractivity contribution < 1.29 is 4.74 Å². The lowest BCUT2D eigenvalue weighted by Gasteiger charge is -2.20. The van der Waals surface area contributed by atoms with Gasteiger partial charge < -0.3 is 14.5 Å². The smallest absolute Gasteiger partial charge is 0.182 e. The first-order chi connectivity index (χ1) is 20.8. The van der Waals surface area contributed by atoms with Crippen LogP contribution in [0.1, 0.15) is 26.3 Å². The summed E-state index contributed by atoms with van der Waals surface area (Å²) in [6.07, 6.45) is 1.94. The maximum Gasteiger partial charge on any atom is 0.182 e. The first-order valence-electron chi connectivity index (χ1n) is 14.5. The van der Waals surface area contributed by atoms with Gasteiger partial charge in [0.1, 0.15) is 5.75 Å². The highest BCUT2D eigenvalue weighted by Gasteiger charge is 2.24. The second kappa shape index (κ2) is 9.83. The minimum Gasteiger partial charge on any atom is -0.447 e. The molecule has 4 aromatic carbocycles. The summed E-state index contributed by atoms with van der Waals surface area (Å²) in [6.45, 7) is 7.56. The highest BCUT2D eigenvalue weighted by atomic mass is 32.1. The van der Waals surface area contributed by atoms with E-state index in [1.54, 1.807) is 22.7 Å². The molecule has 43 heavy (non-hydrogen) atoms. The first kappa shape index (κ1) is 26.3. The van der Waals surface area contributed by atoms with Crippen molar-refractivity contribution in [2.24, 2.45) is 0 Å². The molecular weight excluding hydrogens is 567 g/mol. The van der Waals surface area contributed by atoms with Crippen LogP contribution in [0, 0.1) is 0 Å². The van der Waals surface area contributed by atoms with Gasteiger partial charge in [-0.15, -0.1) is 11.3 Å². The highest BCUT2D eigenvalue weighted by molar-refractivity contribution is 7.22. The molecule has 0 bridgehead atoms. The third kappa shape index (κ3) is 4.44. The number of benzene rings is 4. The molecule has 0 saturated heterocycles. The third-order valence-electron chi connectivity index (χ3n) is 8.40. The number of hydrogen-bond acceptors (Lipinski definition) is 6. The molecule has 0 N–H and O–H groups in total. The van der Waals surface area contributed by atoms with Gasteiger partial charge in [0.2, 0.25) is 0 Å². The zero-order valence-electron chi connectivity index (χ0n) is 24.6. The Morgan fingerprint density at radius 2 is 1.65 bits per heavy atom. The maximum atomic E-state index is 6.63. The standard InChI is InChI=1S/C37H31N3OS2/c1-37(2,3)23-14-16-38-31(18-23)29-20-28-26-15-17-42-34(26)13-12-27(28)36-30(29)21-35(43-36)41-25-9-7-8-24(19-25)40-22-39(4)32-10-5-6-11-33(32)40/h5-21H,22H2,1-4H3. The van der Waals surface area contributed by atoms with Crippen molar-refractivity contribution in [3.63, 3.8) is 0 Å². The third-order valence-corrected chi connectivity index (χ3v) is 10.3. The molecule has 0 saturated carbocycles. The summed E-state index contributed by atoms with van der Waals surface area (Å²) in [5, 5.41) is 8.03. The molecule has 212 valence electrons. The van der Waals surface area contributed by atoms with E-state index in [1.165, 1.54) is 47.9 Å². The number of nitrogens with zero attached hydrogens (tertiary/aromatic N) is 3. The molecule has 0 atom stereocenters. The Balaban J connectivity index is 1.25. The van der Waals surface area contributed by atoms with Gasteiger partial charge in [-0.1, -0.05) is 56.4 Å². The zero-order valence-corrected chi connectivity index (χ0v) is 26.2. The highest BCUT2D eigenvalue weighted by Crippen LogP contribution is 2.46. The topological polar surface area (TPSA) is 28.6 Å². The Kier molecular flexibility index (Phi) is 6.00. The number of rotatable bonds is 4. The molecule has 0 aliphatic carbocycles. The van der Waals surface area contributed by atoms with Crippen molar-refractivity contribution in [3.8, 4) is 22.1 Å². The molecule has 0 amide bonds. The lowest BCUT2D eigenvalue weighted by atomic mass is 9.86. The van der Waals surface area contributed by atoms with Crippen LogP contribution >= 0.6 is 22.7 Å². The van der Waals surface area contributed by atoms with E-state index in [9.17, 15) is 0 Å². The van der Waals surface area contributed by atoms with Crippen molar-refractivity contribution in [1.82, 2.24) is 4.98 Å². The molecule has 0 fully saturated rings. The fraction of sp³-hybridized carbons (Fsp3) is 0.162. The van der Waals surface area contributed by atoms with Gasteiger partial charge >= 0.3 is 0 Å². The van der Waals surface area contributed by atoms with Crippen LogP contribution in [0.3, 0.4) is 0 Å². The molecule has 3 aromatic heterocycles. The van der Waals surface area contributed by atoms with Crippen LogP contribution in [0.15, 0.2) is 103 Å². The first-order valence-corrected chi connectivity index (χ1v) is 16.2. The van der Waals surface area contributed by atoms with Crippen LogP contribution in [0.2, 0.25) is 0 Å². The second-order valence-electron chi connectivity index (χ2n) is 12.3. The summed E-state index contributed by atoms with van der Waals surface area (Å²) in [5.41, 5.74) is 7.01. The predicted octanol–water partition coefficient (Wildman–Crippen LogP) is 11.0. The summed E-state index contributed by atoms with van der Waals surface area (Å²) < 4.78 is 9.15. The number of hydrogen-bond donors (Lipinski definition) is 0. The average Bonchev–Trinajstić information content (AvgIpc) is 3.74. The van der Waals surface area contributed by atoms with E-state index >= 15 is 0 Å². The lowest BCUT2D eigenvalue weighted by molar-refractivity contribution is 0.497. The van der Waals surface area contributed by atoms with Crippen molar-refractivity contribution >= 4 is 70.7 Å². The van der Waals surface area contributed by atoms with Crippen LogP contribution in [-0.4, -0.2) is 18.7 Å². The van der Waals surface area contributed by atoms with Crippen molar-refractivity contribution in [2.45, 2.75) is 26.2 Å². The van der Waals surface area contributed by atoms with E-state index in [1.807, 2.05) is 12.3 Å². The molecule has 7 aromatic rings. The number of para-hydroxylation sites is 2. The Hall–Kier alpha value is -4.39. The SMILES string of the molecule is CN1CN(c2cccc(Oc3cc4c(-c5cc(C(C)(C)C)ccn5)cc5c6ccsc6ccc5c4s3)c2)c2ccccc21. The second-order valence-corrected chi connectivity index (χ2v) is 14.2. The Bertz CT molecular complexity index is 2170. The van der Waals surface area contributed by atoms with Crippen molar-refractivity contribution in [2.75, 3.05) is 23.5 Å². The number of pyridine rings is 1. The average molecular weight is 598 g/mol. The number of anilines is 3. The number of aromatic nitrogens is 1. The maximum absolute atomic E-state index is 6.63. The van der Waals surface area contributed by atoms with E-state index in [2.05, 4.69) is 128 Å². The lowest BCUT2D eigenvalue weighted by Crippen LogP contribution is -2.23.